The van der Waals surface area contributed by atoms with Crippen molar-refractivity contribution in [3.05, 3.63) is 41.9 Å². The number of hydrogen-bond acceptors (Lipinski definition) is 4. The smallest absolute Gasteiger partial charge is 0.280 e. The van der Waals surface area contributed by atoms with E-state index in [1.54, 1.807) is 35.8 Å². The summed E-state index contributed by atoms with van der Waals surface area (Å²) in [5.74, 6) is 0.639. The van der Waals surface area contributed by atoms with Gasteiger partial charge in [0.05, 0.1) is 5.69 Å². The molecule has 3 N–H and O–H groups in total. The van der Waals surface area contributed by atoms with Crippen molar-refractivity contribution in [3.63, 3.8) is 0 Å². The van der Waals surface area contributed by atoms with Gasteiger partial charge < -0.3 is 10.3 Å². The van der Waals surface area contributed by atoms with Crippen molar-refractivity contribution in [2.24, 2.45) is 5.73 Å². The molecule has 0 radical (unpaired) electrons. The Labute approximate surface area is 129 Å². The maximum Gasteiger partial charge on any atom is 0.280 e. The van der Waals surface area contributed by atoms with Crippen molar-refractivity contribution >= 4 is 32.9 Å². The predicted molar refractivity (Wildman–Crippen MR) is 85.8 cm³/mol. The van der Waals surface area contributed by atoms with Crippen molar-refractivity contribution in [2.75, 3.05) is 4.72 Å². The number of nitrogens with one attached hydrogen (secondary N) is 1. The van der Waals surface area contributed by atoms with E-state index in [2.05, 4.69) is 9.71 Å². The Balaban J connectivity index is 2.40. The second kappa shape index (κ2) is 5.82. The van der Waals surface area contributed by atoms with Gasteiger partial charge in [0.25, 0.3) is 10.0 Å². The zero-order valence-corrected chi connectivity index (χ0v) is 13.3. The van der Waals surface area contributed by atoms with Gasteiger partial charge in [0.2, 0.25) is 0 Å². The fraction of sp³-hybridized carbons (Fsp3) is 0.231. The van der Waals surface area contributed by atoms with Crippen LogP contribution in [0.2, 0.25) is 0 Å². The van der Waals surface area contributed by atoms with E-state index in [9.17, 15) is 8.42 Å². The Kier molecular flexibility index (Phi) is 4.29. The minimum atomic E-state index is -3.78. The van der Waals surface area contributed by atoms with E-state index in [1.807, 2.05) is 6.92 Å². The van der Waals surface area contributed by atoms with Crippen molar-refractivity contribution in [2.45, 2.75) is 25.4 Å². The molecule has 0 aliphatic carbocycles. The van der Waals surface area contributed by atoms with Gasteiger partial charge in [-0.15, -0.1) is 0 Å². The number of nitrogens with zero attached hydrogens (tertiary/aromatic N) is 2. The summed E-state index contributed by atoms with van der Waals surface area (Å²) in [4.78, 5) is 4.20. The molecule has 0 amide bonds. The van der Waals surface area contributed by atoms with E-state index in [-0.39, 0.29) is 10.0 Å². The van der Waals surface area contributed by atoms with Crippen LogP contribution in [0.25, 0.3) is 0 Å². The summed E-state index contributed by atoms with van der Waals surface area (Å²) < 4.78 is 29.0. The number of aromatic nitrogens is 2. The highest BCUT2D eigenvalue weighted by Crippen LogP contribution is 2.19. The highest BCUT2D eigenvalue weighted by Gasteiger charge is 2.20. The maximum atomic E-state index is 12.4. The van der Waals surface area contributed by atoms with Crippen molar-refractivity contribution in [1.82, 2.24) is 9.55 Å². The van der Waals surface area contributed by atoms with Gasteiger partial charge in [-0.1, -0.05) is 24.4 Å². The third-order valence-electron chi connectivity index (χ3n) is 3.01. The molecule has 0 fully saturated rings. The fourth-order valence-corrected chi connectivity index (χ4v) is 3.18. The molecule has 0 bridgehead atoms. The lowest BCUT2D eigenvalue weighted by atomic mass is 10.2. The van der Waals surface area contributed by atoms with E-state index in [1.165, 1.54) is 6.20 Å². The number of benzene rings is 1. The van der Waals surface area contributed by atoms with Crippen LogP contribution in [-0.2, 0) is 16.6 Å². The average Bonchev–Trinajstić information content (AvgIpc) is 2.81. The van der Waals surface area contributed by atoms with Gasteiger partial charge in [0.15, 0.2) is 5.03 Å². The largest absolute Gasteiger partial charge is 0.389 e. The molecule has 8 heteroatoms. The number of anilines is 1. The summed E-state index contributed by atoms with van der Waals surface area (Å²) in [5, 5.41) is -0.0282. The van der Waals surface area contributed by atoms with E-state index < -0.39 is 10.0 Å². The molecule has 0 saturated heterocycles. The van der Waals surface area contributed by atoms with Crippen LogP contribution in [0.3, 0.4) is 0 Å². The number of hydrogen-bond donors (Lipinski definition) is 2. The molecule has 21 heavy (non-hydrogen) atoms. The summed E-state index contributed by atoms with van der Waals surface area (Å²) in [6.07, 6.45) is 1.50. The van der Waals surface area contributed by atoms with E-state index in [0.717, 1.165) is 0 Å². The van der Waals surface area contributed by atoms with Crippen LogP contribution in [0, 0.1) is 6.92 Å². The quantitative estimate of drug-likeness (QED) is 0.816. The highest BCUT2D eigenvalue weighted by molar-refractivity contribution is 7.92. The Morgan fingerprint density at radius 2 is 2.10 bits per heavy atom. The molecule has 2 aromatic rings. The molecule has 0 aliphatic heterocycles. The Morgan fingerprint density at radius 3 is 2.67 bits per heavy atom. The molecule has 6 nitrogen and oxygen atoms in total. The Morgan fingerprint density at radius 1 is 1.43 bits per heavy atom. The first-order valence-corrected chi connectivity index (χ1v) is 8.19. The minimum Gasteiger partial charge on any atom is -0.389 e. The van der Waals surface area contributed by atoms with Gasteiger partial charge in [0.1, 0.15) is 10.8 Å². The van der Waals surface area contributed by atoms with Gasteiger partial charge >= 0.3 is 0 Å². The molecule has 112 valence electrons. The maximum absolute atomic E-state index is 12.4. The Bertz CT molecular complexity index is 781. The fourth-order valence-electron chi connectivity index (χ4n) is 1.91. The normalized spacial score (nSPS) is 11.3. The van der Waals surface area contributed by atoms with Crippen LogP contribution < -0.4 is 10.5 Å². The number of nitrogens with two attached hydrogens (primary N) is 1. The Hall–Kier alpha value is -1.93. The molecular weight excluding hydrogens is 308 g/mol. The molecule has 0 spiro atoms. The van der Waals surface area contributed by atoms with E-state index in [4.69, 9.17) is 18.0 Å². The number of imidazole rings is 1. The molecule has 0 saturated carbocycles. The molecule has 1 aromatic carbocycles. The summed E-state index contributed by atoms with van der Waals surface area (Å²) in [6.45, 7) is 4.32. The van der Waals surface area contributed by atoms with Gasteiger partial charge in [-0.3, -0.25) is 4.72 Å². The van der Waals surface area contributed by atoms with Crippen LogP contribution in [-0.4, -0.2) is 23.0 Å². The van der Waals surface area contributed by atoms with Crippen LogP contribution in [0.15, 0.2) is 35.5 Å². The summed E-state index contributed by atoms with van der Waals surface area (Å²) in [5.41, 5.74) is 6.41. The number of para-hydroxylation sites is 1. The van der Waals surface area contributed by atoms with Crippen LogP contribution in [0.1, 0.15) is 18.3 Å². The molecule has 1 aromatic heterocycles. The monoisotopic (exact) mass is 324 g/mol. The summed E-state index contributed by atoms with van der Waals surface area (Å²) >= 11 is 4.92. The second-order valence-corrected chi connectivity index (χ2v) is 6.50. The second-order valence-electron chi connectivity index (χ2n) is 4.43. The molecule has 1 heterocycles. The number of rotatable bonds is 5. The third-order valence-corrected chi connectivity index (χ3v) is 4.46. The van der Waals surface area contributed by atoms with Crippen LogP contribution in [0.5, 0.6) is 0 Å². The van der Waals surface area contributed by atoms with E-state index >= 15 is 0 Å². The first-order valence-electron chi connectivity index (χ1n) is 6.30. The summed E-state index contributed by atoms with van der Waals surface area (Å²) in [7, 11) is -3.78. The number of aryl methyl sites for hydroxylation is 2. The number of thiocarbonyl (C=S) groups is 1. The molecule has 0 aliphatic rings. The molecule has 0 atom stereocenters. The van der Waals surface area contributed by atoms with Crippen molar-refractivity contribution in [1.29, 1.82) is 0 Å². The highest BCUT2D eigenvalue weighted by atomic mass is 32.2. The standard InChI is InChI=1S/C13H16N4O2S2/c1-3-17-8-12(15-9(17)2)21(18,19)16-11-7-5-4-6-10(11)13(14)20/h4-8,16H,3H2,1-2H3,(H2,14,20). The molecular formula is C13H16N4O2S2. The minimum absolute atomic E-state index is 0.0282. The van der Waals surface area contributed by atoms with Crippen molar-refractivity contribution < 1.29 is 8.42 Å². The van der Waals surface area contributed by atoms with Gasteiger partial charge in [-0.05, 0) is 26.0 Å². The SMILES string of the molecule is CCn1cc(S(=O)(=O)Nc2ccccc2C(N)=S)nc1C. The van der Waals surface area contributed by atoms with Crippen LogP contribution >= 0.6 is 12.2 Å². The zero-order chi connectivity index (χ0) is 15.6. The third kappa shape index (κ3) is 3.22. The lowest BCUT2D eigenvalue weighted by molar-refractivity contribution is 0.598. The van der Waals surface area contributed by atoms with Gasteiger partial charge in [-0.25, -0.2) is 4.98 Å². The zero-order valence-electron chi connectivity index (χ0n) is 11.7. The average molecular weight is 324 g/mol. The lowest BCUT2D eigenvalue weighted by Crippen LogP contribution is -2.18. The van der Waals surface area contributed by atoms with Gasteiger partial charge in [0, 0.05) is 18.3 Å². The summed E-state index contributed by atoms with van der Waals surface area (Å²) in [6, 6.07) is 6.71. The topological polar surface area (TPSA) is 90.0 Å². The first-order chi connectivity index (χ1) is 9.85. The number of sulfonamides is 1. The molecule has 2 rings (SSSR count). The predicted octanol–water partition coefficient (Wildman–Crippen LogP) is 1.65. The lowest BCUT2D eigenvalue weighted by Gasteiger charge is -2.10. The van der Waals surface area contributed by atoms with Crippen LogP contribution in [0.4, 0.5) is 5.69 Å². The first kappa shape index (κ1) is 15.5. The van der Waals surface area contributed by atoms with Gasteiger partial charge in [-0.2, -0.15) is 8.42 Å². The van der Waals surface area contributed by atoms with Crippen molar-refractivity contribution in [3.8, 4) is 0 Å². The van der Waals surface area contributed by atoms with E-state index in [0.29, 0.717) is 23.6 Å². The molecule has 0 unspecified atom stereocenters.